The number of carbonyl (C=O) groups is 2. The van der Waals surface area contributed by atoms with Crippen molar-refractivity contribution >= 4 is 40.8 Å². The summed E-state index contributed by atoms with van der Waals surface area (Å²) in [6, 6.07) is 9.15. The van der Waals surface area contributed by atoms with Crippen LogP contribution in [-0.2, 0) is 4.79 Å². The van der Waals surface area contributed by atoms with Gasteiger partial charge in [0.25, 0.3) is 5.91 Å². The van der Waals surface area contributed by atoms with Crippen molar-refractivity contribution < 1.29 is 19.4 Å². The number of carboxylic acid groups (broad SMARTS) is 1. The fourth-order valence-electron chi connectivity index (χ4n) is 1.94. The van der Waals surface area contributed by atoms with E-state index in [-0.39, 0.29) is 5.56 Å². The Hall–Kier alpha value is -2.24. The van der Waals surface area contributed by atoms with E-state index in [1.54, 1.807) is 38.1 Å². The molecule has 0 saturated carbocycles. The van der Waals surface area contributed by atoms with Crippen LogP contribution in [0.4, 0.5) is 5.69 Å². The van der Waals surface area contributed by atoms with Crippen molar-refractivity contribution in [3.05, 3.63) is 57.6 Å². The highest BCUT2D eigenvalue weighted by atomic mass is 35.5. The molecule has 1 atom stereocenters. The molecule has 126 valence electrons. The third-order valence-electron chi connectivity index (χ3n) is 3.26. The van der Waals surface area contributed by atoms with Crippen LogP contribution in [0.1, 0.15) is 22.8 Å². The number of carboxylic acids is 1. The van der Waals surface area contributed by atoms with Crippen LogP contribution in [0.15, 0.2) is 36.4 Å². The van der Waals surface area contributed by atoms with Gasteiger partial charge in [-0.25, -0.2) is 4.79 Å². The molecule has 2 aromatic carbocycles. The van der Waals surface area contributed by atoms with Crippen LogP contribution in [0.3, 0.4) is 0 Å². The zero-order valence-corrected chi connectivity index (χ0v) is 14.5. The smallest absolute Gasteiger partial charge is 0.335 e. The highest BCUT2D eigenvalue weighted by Crippen LogP contribution is 2.31. The third kappa shape index (κ3) is 4.40. The Balaban J connectivity index is 2.09. The standard InChI is InChI=1S/C17H15Cl2NO4/c1-9-6-15(14(19)8-13(9)18)24-10(2)16(21)20-12-5-3-4-11(7-12)17(22)23/h3-8,10H,1-2H3,(H,20,21)(H,22,23). The molecule has 2 N–H and O–H groups in total. The quantitative estimate of drug-likeness (QED) is 0.820. The fraction of sp³-hybridized carbons (Fsp3) is 0.176. The minimum Gasteiger partial charge on any atom is -0.479 e. The molecule has 0 heterocycles. The molecule has 0 aliphatic rings. The Morgan fingerprint density at radius 2 is 1.88 bits per heavy atom. The second-order valence-corrected chi connectivity index (χ2v) is 5.98. The zero-order chi connectivity index (χ0) is 17.9. The van der Waals surface area contributed by atoms with E-state index in [0.29, 0.717) is 21.5 Å². The molecule has 0 aromatic heterocycles. The van der Waals surface area contributed by atoms with E-state index >= 15 is 0 Å². The highest BCUT2D eigenvalue weighted by molar-refractivity contribution is 6.36. The molecule has 2 aromatic rings. The Morgan fingerprint density at radius 3 is 2.54 bits per heavy atom. The summed E-state index contributed by atoms with van der Waals surface area (Å²) in [7, 11) is 0. The van der Waals surface area contributed by atoms with Crippen LogP contribution in [0.25, 0.3) is 0 Å². The van der Waals surface area contributed by atoms with Crippen LogP contribution in [0, 0.1) is 6.92 Å². The number of nitrogens with one attached hydrogen (secondary N) is 1. The fourth-order valence-corrected chi connectivity index (χ4v) is 2.37. The van der Waals surface area contributed by atoms with Crippen molar-refractivity contribution in [2.24, 2.45) is 0 Å². The third-order valence-corrected chi connectivity index (χ3v) is 3.97. The Labute approximate surface area is 149 Å². The summed E-state index contributed by atoms with van der Waals surface area (Å²) >= 11 is 12.0. The van der Waals surface area contributed by atoms with Gasteiger partial charge in [0, 0.05) is 10.7 Å². The summed E-state index contributed by atoms with van der Waals surface area (Å²) in [6.07, 6.45) is -0.837. The molecule has 0 spiro atoms. The molecule has 0 bridgehead atoms. The Bertz CT molecular complexity index is 792. The molecule has 1 unspecified atom stereocenters. The van der Waals surface area contributed by atoms with Gasteiger partial charge in [-0.1, -0.05) is 29.3 Å². The van der Waals surface area contributed by atoms with Gasteiger partial charge >= 0.3 is 5.97 Å². The van der Waals surface area contributed by atoms with E-state index in [2.05, 4.69) is 5.32 Å². The number of hydrogen-bond donors (Lipinski definition) is 2. The van der Waals surface area contributed by atoms with Crippen LogP contribution in [0.2, 0.25) is 10.0 Å². The number of carbonyl (C=O) groups excluding carboxylic acids is 1. The second-order valence-electron chi connectivity index (χ2n) is 5.17. The summed E-state index contributed by atoms with van der Waals surface area (Å²) < 4.78 is 5.57. The minimum absolute atomic E-state index is 0.0812. The van der Waals surface area contributed by atoms with E-state index < -0.39 is 18.0 Å². The van der Waals surface area contributed by atoms with Gasteiger partial charge in [0.05, 0.1) is 10.6 Å². The normalized spacial score (nSPS) is 11.7. The predicted octanol–water partition coefficient (Wildman–Crippen LogP) is 4.41. The molecular formula is C17H15Cl2NO4. The number of hydrogen-bond acceptors (Lipinski definition) is 3. The SMILES string of the molecule is Cc1cc(OC(C)C(=O)Nc2cccc(C(=O)O)c2)c(Cl)cc1Cl. The summed E-state index contributed by atoms with van der Waals surface area (Å²) in [6.45, 7) is 3.37. The lowest BCUT2D eigenvalue weighted by molar-refractivity contribution is -0.122. The number of aryl methyl sites for hydroxylation is 1. The van der Waals surface area contributed by atoms with Crippen molar-refractivity contribution in [3.63, 3.8) is 0 Å². The monoisotopic (exact) mass is 367 g/mol. The van der Waals surface area contributed by atoms with Crippen molar-refractivity contribution in [1.82, 2.24) is 0 Å². The molecular weight excluding hydrogens is 353 g/mol. The molecule has 0 radical (unpaired) electrons. The predicted molar refractivity (Wildman–Crippen MR) is 93.3 cm³/mol. The molecule has 0 aliphatic heterocycles. The van der Waals surface area contributed by atoms with Gasteiger partial charge in [0.2, 0.25) is 0 Å². The maximum atomic E-state index is 12.2. The number of rotatable bonds is 5. The average molecular weight is 368 g/mol. The first-order chi connectivity index (χ1) is 11.3. The van der Waals surface area contributed by atoms with Gasteiger partial charge in [-0.05, 0) is 49.7 Å². The number of anilines is 1. The minimum atomic E-state index is -1.07. The number of aromatic carboxylic acids is 1. The molecule has 1 amide bonds. The lowest BCUT2D eigenvalue weighted by Gasteiger charge is -2.16. The van der Waals surface area contributed by atoms with Crippen molar-refractivity contribution in [2.75, 3.05) is 5.32 Å². The van der Waals surface area contributed by atoms with Gasteiger partial charge in [0.15, 0.2) is 6.10 Å². The first-order valence-corrected chi connectivity index (χ1v) is 7.80. The molecule has 0 aliphatic carbocycles. The van der Waals surface area contributed by atoms with E-state index in [4.69, 9.17) is 33.0 Å². The summed E-state index contributed by atoms with van der Waals surface area (Å²) in [4.78, 5) is 23.2. The number of benzene rings is 2. The highest BCUT2D eigenvalue weighted by Gasteiger charge is 2.17. The van der Waals surface area contributed by atoms with E-state index in [0.717, 1.165) is 5.56 Å². The van der Waals surface area contributed by atoms with Gasteiger partial charge in [-0.2, -0.15) is 0 Å². The van der Waals surface area contributed by atoms with Crippen molar-refractivity contribution in [2.45, 2.75) is 20.0 Å². The first-order valence-electron chi connectivity index (χ1n) is 7.04. The topological polar surface area (TPSA) is 75.6 Å². The Kier molecular flexibility index (Phi) is 5.70. The van der Waals surface area contributed by atoms with E-state index in [1.165, 1.54) is 12.1 Å². The van der Waals surface area contributed by atoms with Gasteiger partial charge in [-0.3, -0.25) is 4.79 Å². The largest absolute Gasteiger partial charge is 0.479 e. The first kappa shape index (κ1) is 18.1. The van der Waals surface area contributed by atoms with E-state index in [1.807, 2.05) is 0 Å². The van der Waals surface area contributed by atoms with Gasteiger partial charge < -0.3 is 15.2 Å². The zero-order valence-electron chi connectivity index (χ0n) is 13.0. The van der Waals surface area contributed by atoms with E-state index in [9.17, 15) is 9.59 Å². The van der Waals surface area contributed by atoms with Gasteiger partial charge in [-0.15, -0.1) is 0 Å². The number of ether oxygens (including phenoxy) is 1. The summed E-state index contributed by atoms with van der Waals surface area (Å²) in [5, 5.41) is 12.4. The maximum Gasteiger partial charge on any atom is 0.335 e. The van der Waals surface area contributed by atoms with Crippen LogP contribution < -0.4 is 10.1 Å². The lowest BCUT2D eigenvalue weighted by atomic mass is 10.2. The number of amides is 1. The summed E-state index contributed by atoms with van der Waals surface area (Å²) in [5.74, 6) is -1.15. The second kappa shape index (κ2) is 7.55. The molecule has 24 heavy (non-hydrogen) atoms. The Morgan fingerprint density at radius 1 is 1.17 bits per heavy atom. The molecule has 5 nitrogen and oxygen atoms in total. The molecule has 0 saturated heterocycles. The maximum absolute atomic E-state index is 12.2. The molecule has 0 fully saturated rings. The van der Waals surface area contributed by atoms with Crippen LogP contribution in [0.5, 0.6) is 5.75 Å². The lowest BCUT2D eigenvalue weighted by Crippen LogP contribution is -2.30. The van der Waals surface area contributed by atoms with Crippen molar-refractivity contribution in [1.29, 1.82) is 0 Å². The van der Waals surface area contributed by atoms with Crippen LogP contribution >= 0.6 is 23.2 Å². The van der Waals surface area contributed by atoms with Crippen LogP contribution in [-0.4, -0.2) is 23.1 Å². The number of halogens is 2. The van der Waals surface area contributed by atoms with Gasteiger partial charge in [0.1, 0.15) is 5.75 Å². The summed E-state index contributed by atoms with van der Waals surface area (Å²) in [5.41, 5.74) is 1.23. The molecule has 7 heteroatoms. The molecule has 2 rings (SSSR count). The van der Waals surface area contributed by atoms with Crippen molar-refractivity contribution in [3.8, 4) is 5.75 Å². The average Bonchev–Trinajstić information content (AvgIpc) is 2.52.